The van der Waals surface area contributed by atoms with Crippen LogP contribution in [0.3, 0.4) is 0 Å². The molecule has 0 atom stereocenters. The number of anilines is 1. The Kier molecular flexibility index (Phi) is 5.80. The van der Waals surface area contributed by atoms with Crippen LogP contribution < -0.4 is 9.62 Å². The molecular weight excluding hydrogens is 418 g/mol. The number of carbonyl (C=O) groups excluding carboxylic acids is 1. The highest BCUT2D eigenvalue weighted by atomic mass is 32.2. The van der Waals surface area contributed by atoms with Gasteiger partial charge >= 0.3 is 0 Å². The molecule has 1 aliphatic rings. The van der Waals surface area contributed by atoms with Gasteiger partial charge in [-0.2, -0.15) is 0 Å². The number of nitrogens with zero attached hydrogens (tertiary/aromatic N) is 2. The average Bonchev–Trinajstić information content (AvgIpc) is 3.42. The van der Waals surface area contributed by atoms with E-state index >= 15 is 0 Å². The maximum absolute atomic E-state index is 12.5. The Morgan fingerprint density at radius 2 is 1.83 bits per heavy atom. The van der Waals surface area contributed by atoms with E-state index in [1.807, 2.05) is 30.3 Å². The van der Waals surface area contributed by atoms with E-state index in [1.54, 1.807) is 43.6 Å². The van der Waals surface area contributed by atoms with Crippen molar-refractivity contribution in [2.24, 2.45) is 0 Å². The second-order valence-corrected chi connectivity index (χ2v) is 9.79. The van der Waals surface area contributed by atoms with E-state index < -0.39 is 10.0 Å². The maximum Gasteiger partial charge on any atom is 0.252 e. The minimum atomic E-state index is -3.47. The predicted octanol–water partition coefficient (Wildman–Crippen LogP) is 3.93. The largest absolute Gasteiger partial charge is 0.288 e. The monoisotopic (exact) mass is 439 g/mol. The number of benzene rings is 2. The van der Waals surface area contributed by atoms with E-state index in [0.717, 1.165) is 28.8 Å². The summed E-state index contributed by atoms with van der Waals surface area (Å²) in [5.41, 5.74) is 1.80. The van der Waals surface area contributed by atoms with Crippen molar-refractivity contribution in [1.29, 1.82) is 0 Å². The fourth-order valence-electron chi connectivity index (χ4n) is 2.78. The number of sulfonamides is 1. The lowest BCUT2D eigenvalue weighted by molar-refractivity contribution is -0.113. The summed E-state index contributed by atoms with van der Waals surface area (Å²) in [7, 11) is -1.79. The Morgan fingerprint density at radius 3 is 2.50 bits per heavy atom. The van der Waals surface area contributed by atoms with Crippen LogP contribution in [0.1, 0.15) is 18.4 Å². The number of hydrogen-bond donors (Lipinski definition) is 1. The van der Waals surface area contributed by atoms with Crippen LogP contribution in [0.4, 0.5) is 5.13 Å². The number of carbonyl (C=O) groups is 1. The quantitative estimate of drug-likeness (QED) is 0.566. The molecule has 0 radical (unpaired) electrons. The molecule has 8 heteroatoms. The minimum Gasteiger partial charge on any atom is -0.288 e. The Labute approximate surface area is 179 Å². The van der Waals surface area contributed by atoms with Gasteiger partial charge in [0.1, 0.15) is 0 Å². The van der Waals surface area contributed by atoms with Crippen LogP contribution in [0.25, 0.3) is 16.5 Å². The molecule has 0 saturated heterocycles. The first kappa shape index (κ1) is 20.5. The zero-order valence-corrected chi connectivity index (χ0v) is 18.0. The third-order valence-electron chi connectivity index (χ3n) is 4.68. The van der Waals surface area contributed by atoms with Gasteiger partial charge in [-0.15, -0.1) is 0 Å². The predicted molar refractivity (Wildman–Crippen MR) is 120 cm³/mol. The van der Waals surface area contributed by atoms with E-state index in [-0.39, 0.29) is 16.8 Å². The number of aromatic nitrogens is 1. The van der Waals surface area contributed by atoms with Gasteiger partial charge in [-0.25, -0.2) is 18.1 Å². The molecular formula is C22H21N3O3S2. The summed E-state index contributed by atoms with van der Waals surface area (Å²) in [6.45, 7) is 0. The van der Waals surface area contributed by atoms with Gasteiger partial charge in [0.25, 0.3) is 5.91 Å². The summed E-state index contributed by atoms with van der Waals surface area (Å²) in [5, 5.41) is 0.607. The highest BCUT2D eigenvalue weighted by molar-refractivity contribution is 7.89. The highest BCUT2D eigenvalue weighted by Gasteiger charge is 2.27. The Hall–Kier alpha value is -2.81. The fraction of sp³-hybridized carbons (Fsp3) is 0.182. The summed E-state index contributed by atoms with van der Waals surface area (Å²) in [6, 6.07) is 16.4. The molecule has 3 aromatic rings. The summed E-state index contributed by atoms with van der Waals surface area (Å²) in [4.78, 5) is 19.6. The summed E-state index contributed by atoms with van der Waals surface area (Å²) in [6.07, 6.45) is 6.66. The first-order chi connectivity index (χ1) is 14.4. The molecule has 1 aliphatic carbocycles. The minimum absolute atomic E-state index is 0.0657. The number of nitrogens with one attached hydrogen (secondary N) is 1. The first-order valence-corrected chi connectivity index (χ1v) is 11.8. The molecule has 1 saturated carbocycles. The molecule has 2 aromatic carbocycles. The molecule has 0 spiro atoms. The smallest absolute Gasteiger partial charge is 0.252 e. The van der Waals surface area contributed by atoms with Gasteiger partial charge in [-0.1, -0.05) is 53.8 Å². The molecule has 1 N–H and O–H groups in total. The summed E-state index contributed by atoms with van der Waals surface area (Å²) >= 11 is 1.45. The van der Waals surface area contributed by atoms with Crippen molar-refractivity contribution in [3.8, 4) is 10.4 Å². The van der Waals surface area contributed by atoms with Crippen LogP contribution in [-0.2, 0) is 14.8 Å². The maximum atomic E-state index is 12.5. The molecule has 6 nitrogen and oxygen atoms in total. The van der Waals surface area contributed by atoms with Gasteiger partial charge in [0.05, 0.1) is 9.77 Å². The standard InChI is InChI=1S/C22H21N3O3S2/c1-25(22-23-15-20(29-22)17-5-3-2-4-6-17)21(26)14-9-16-7-12-19(13-8-16)30(27,28)24-18-10-11-18/h2-9,12-15,18,24H,10-11H2,1H3. The third-order valence-corrected chi connectivity index (χ3v) is 7.34. The molecule has 1 heterocycles. The van der Waals surface area contributed by atoms with Gasteiger partial charge in [-0.05, 0) is 42.2 Å². The van der Waals surface area contributed by atoms with E-state index in [9.17, 15) is 13.2 Å². The number of thiazole rings is 1. The van der Waals surface area contributed by atoms with Crippen molar-refractivity contribution in [2.75, 3.05) is 11.9 Å². The molecule has 0 unspecified atom stereocenters. The van der Waals surface area contributed by atoms with Gasteiger partial charge in [0, 0.05) is 25.4 Å². The molecule has 1 aromatic heterocycles. The molecule has 4 rings (SSSR count). The van der Waals surface area contributed by atoms with Gasteiger partial charge in [-0.3, -0.25) is 9.69 Å². The first-order valence-electron chi connectivity index (χ1n) is 9.52. The van der Waals surface area contributed by atoms with Crippen LogP contribution >= 0.6 is 11.3 Å². The van der Waals surface area contributed by atoms with Gasteiger partial charge in [0.2, 0.25) is 10.0 Å². The zero-order chi connectivity index (χ0) is 21.1. The lowest BCUT2D eigenvalue weighted by atomic mass is 10.2. The fourth-order valence-corrected chi connectivity index (χ4v) is 4.97. The van der Waals surface area contributed by atoms with Crippen LogP contribution in [0, 0.1) is 0 Å². The molecule has 30 heavy (non-hydrogen) atoms. The molecule has 1 fully saturated rings. The third kappa shape index (κ3) is 4.84. The topological polar surface area (TPSA) is 79.4 Å². The van der Waals surface area contributed by atoms with Gasteiger partial charge < -0.3 is 0 Å². The van der Waals surface area contributed by atoms with Crippen molar-refractivity contribution < 1.29 is 13.2 Å². The second kappa shape index (κ2) is 8.51. The van der Waals surface area contributed by atoms with Crippen molar-refractivity contribution >= 4 is 38.5 Å². The molecule has 0 bridgehead atoms. The average molecular weight is 440 g/mol. The van der Waals surface area contributed by atoms with Crippen LogP contribution in [0.5, 0.6) is 0 Å². The summed E-state index contributed by atoms with van der Waals surface area (Å²) < 4.78 is 27.1. The molecule has 154 valence electrons. The van der Waals surface area contributed by atoms with Gasteiger partial charge in [0.15, 0.2) is 5.13 Å². The van der Waals surface area contributed by atoms with E-state index in [1.165, 1.54) is 22.3 Å². The number of hydrogen-bond acceptors (Lipinski definition) is 5. The summed E-state index contributed by atoms with van der Waals surface area (Å²) in [5.74, 6) is -0.212. The normalized spacial score (nSPS) is 14.2. The van der Waals surface area contributed by atoms with Crippen molar-refractivity contribution in [1.82, 2.24) is 9.71 Å². The SMILES string of the molecule is CN(C(=O)C=Cc1ccc(S(=O)(=O)NC2CC2)cc1)c1ncc(-c2ccccc2)s1. The van der Waals surface area contributed by atoms with E-state index in [4.69, 9.17) is 0 Å². The number of amides is 1. The highest BCUT2D eigenvalue weighted by Crippen LogP contribution is 2.30. The van der Waals surface area contributed by atoms with Crippen LogP contribution in [-0.4, -0.2) is 32.4 Å². The molecule has 0 aliphatic heterocycles. The Bertz CT molecular complexity index is 1170. The zero-order valence-electron chi connectivity index (χ0n) is 16.4. The van der Waals surface area contributed by atoms with Crippen LogP contribution in [0.2, 0.25) is 0 Å². The Balaban J connectivity index is 1.41. The molecule has 1 amide bonds. The van der Waals surface area contributed by atoms with Crippen LogP contribution in [0.15, 0.2) is 71.8 Å². The lowest BCUT2D eigenvalue weighted by Crippen LogP contribution is -2.25. The number of likely N-dealkylation sites (N-methyl/N-ethyl adjacent to an activating group) is 1. The number of rotatable bonds is 7. The van der Waals surface area contributed by atoms with E-state index in [2.05, 4.69) is 9.71 Å². The van der Waals surface area contributed by atoms with E-state index in [0.29, 0.717) is 5.13 Å². The van der Waals surface area contributed by atoms with Crippen molar-refractivity contribution in [3.05, 3.63) is 72.4 Å². The van der Waals surface area contributed by atoms with Crippen molar-refractivity contribution in [3.63, 3.8) is 0 Å². The lowest BCUT2D eigenvalue weighted by Gasteiger charge is -2.10. The Morgan fingerprint density at radius 1 is 1.13 bits per heavy atom. The second-order valence-electron chi connectivity index (χ2n) is 7.07. The van der Waals surface area contributed by atoms with Crippen molar-refractivity contribution in [2.45, 2.75) is 23.8 Å².